The van der Waals surface area contributed by atoms with E-state index >= 15 is 0 Å². The van der Waals surface area contributed by atoms with E-state index in [0.717, 1.165) is 0 Å². The third-order valence-corrected chi connectivity index (χ3v) is 10.3. The number of hydrogen-bond acceptors (Lipinski definition) is 16. The lowest BCUT2D eigenvalue weighted by Crippen LogP contribution is -2.21. The molecule has 0 saturated carbocycles. The zero-order valence-corrected chi connectivity index (χ0v) is 33.8. The number of para-hydroxylation sites is 2. The fourth-order valence-corrected chi connectivity index (χ4v) is 6.99. The molecule has 22 heteroatoms. The second-order valence-corrected chi connectivity index (χ2v) is 16.4. The molecule has 0 aliphatic heterocycles. The molecule has 2 heterocycles. The Balaban J connectivity index is 1.28. The van der Waals surface area contributed by atoms with Crippen LogP contribution in [0.5, 0.6) is 0 Å². The highest BCUT2D eigenvalue weighted by atomic mass is 31.2. The Hall–Kier alpha value is -6.34. The largest absolute Gasteiger partial charge is 0.394 e. The summed E-state index contributed by atoms with van der Waals surface area (Å²) in [6.07, 6.45) is 2.66. The van der Waals surface area contributed by atoms with Gasteiger partial charge in [0.2, 0.25) is 35.7 Å². The summed E-state index contributed by atoms with van der Waals surface area (Å²) in [6.45, 7) is 3.04. The monoisotopic (exact) mass is 856 g/mol. The van der Waals surface area contributed by atoms with Gasteiger partial charge in [-0.25, -0.2) is 0 Å². The van der Waals surface area contributed by atoms with E-state index in [-0.39, 0.29) is 71.4 Å². The van der Waals surface area contributed by atoms with Crippen LogP contribution in [0.2, 0.25) is 0 Å². The molecular formula is C38H42N12O8P2. The molecule has 20 nitrogen and oxygen atoms in total. The van der Waals surface area contributed by atoms with Gasteiger partial charge >= 0.3 is 15.2 Å². The van der Waals surface area contributed by atoms with Gasteiger partial charge in [0.05, 0.1) is 23.8 Å². The zero-order valence-electron chi connectivity index (χ0n) is 32.0. The maximum Gasteiger partial charge on any atom is 0.356 e. The number of rotatable bonds is 18. The average molecular weight is 857 g/mol. The van der Waals surface area contributed by atoms with E-state index in [1.165, 1.54) is 48.6 Å². The predicted molar refractivity (Wildman–Crippen MR) is 231 cm³/mol. The molecule has 2 aromatic heterocycles. The van der Waals surface area contributed by atoms with E-state index in [9.17, 15) is 38.9 Å². The van der Waals surface area contributed by atoms with Crippen LogP contribution in [0, 0.1) is 0 Å². The minimum Gasteiger partial charge on any atom is -0.394 e. The highest BCUT2D eigenvalue weighted by Crippen LogP contribution is 2.39. The molecule has 2 unspecified atom stereocenters. The van der Waals surface area contributed by atoms with Gasteiger partial charge in [-0.1, -0.05) is 60.7 Å². The highest BCUT2D eigenvalue weighted by Gasteiger charge is 2.24. The summed E-state index contributed by atoms with van der Waals surface area (Å²) < 4.78 is 25.6. The van der Waals surface area contributed by atoms with Gasteiger partial charge < -0.3 is 61.7 Å². The summed E-state index contributed by atoms with van der Waals surface area (Å²) in [5, 5.41) is 36.3. The van der Waals surface area contributed by atoms with Crippen molar-refractivity contribution in [1.29, 1.82) is 0 Å². The first-order chi connectivity index (χ1) is 28.6. The Labute approximate surface area is 343 Å². The second-order valence-electron chi connectivity index (χ2n) is 13.3. The molecule has 0 aliphatic rings. The fourth-order valence-electron chi connectivity index (χ4n) is 5.40. The number of hydrogen-bond donors (Lipinski definition) is 12. The molecule has 60 heavy (non-hydrogen) atoms. The molecule has 0 amide bonds. The molecule has 12 N–H and O–H groups in total. The minimum atomic E-state index is -4.93. The van der Waals surface area contributed by atoms with Gasteiger partial charge in [-0.2, -0.15) is 29.9 Å². The lowest BCUT2D eigenvalue weighted by atomic mass is 10.1. The van der Waals surface area contributed by atoms with Gasteiger partial charge in [0.15, 0.2) is 0 Å². The number of aliphatic hydroxyl groups excluding tert-OH is 2. The Bertz CT molecular complexity index is 2370. The van der Waals surface area contributed by atoms with Crippen LogP contribution in [0.25, 0.3) is 12.2 Å². The lowest BCUT2D eigenvalue weighted by Gasteiger charge is -2.15. The minimum absolute atomic E-state index is 0.0176. The Morgan fingerprint density at radius 3 is 1.12 bits per heavy atom. The van der Waals surface area contributed by atoms with Crippen molar-refractivity contribution in [2.24, 2.45) is 0 Å². The number of anilines is 10. The van der Waals surface area contributed by atoms with Crippen molar-refractivity contribution in [3.63, 3.8) is 0 Å². The van der Waals surface area contributed by atoms with Crippen LogP contribution in [0.15, 0.2) is 97.1 Å². The number of benzene rings is 4. The Morgan fingerprint density at radius 1 is 0.483 bits per heavy atom. The molecule has 312 valence electrons. The molecular weight excluding hydrogens is 814 g/mol. The van der Waals surface area contributed by atoms with Crippen molar-refractivity contribution in [2.45, 2.75) is 25.9 Å². The smallest absolute Gasteiger partial charge is 0.356 e. The van der Waals surface area contributed by atoms with Crippen LogP contribution in [0.3, 0.4) is 0 Å². The molecule has 0 aliphatic carbocycles. The SMILES string of the molecule is CC(CO)Nc1nc(Nc2ccccc2)nc(Nc2ccc(C=Cc3ccc(Nc4nc(Nc5ccccc5)nc(NC(C)CO)n4)cc3P(=O)(O)O)c(P(=O)(O)O)c2)n1. The molecule has 0 spiro atoms. The summed E-state index contributed by atoms with van der Waals surface area (Å²) >= 11 is 0. The van der Waals surface area contributed by atoms with Crippen molar-refractivity contribution >= 4 is 96.4 Å². The standard InChI is InChI=1S/C38H42N12O8P2/c1-23(21-51)39-33-45-35(41-27-9-5-3-6-10-27)49-37(47-33)43-29-17-15-25(31(19-29)59(53,54)55)13-14-26-16-18-30(20-32(26)60(56,57)58)44-38-48-34(40-24(2)22-52)46-36(50-38)42-28-11-7-4-8-12-28/h3-20,23-24,51-52H,21-22H2,1-2H3,(H2,53,54,55)(H2,56,57,58)(H3,39,41,43,45,47,49)(H3,40,42,44,46,48,50). The summed E-state index contributed by atoms with van der Waals surface area (Å²) in [6, 6.07) is 25.7. The first kappa shape index (κ1) is 43.2. The van der Waals surface area contributed by atoms with E-state index in [0.29, 0.717) is 11.4 Å². The van der Waals surface area contributed by atoms with E-state index in [1.807, 2.05) is 36.4 Å². The molecule has 4 aromatic carbocycles. The molecule has 0 bridgehead atoms. The normalized spacial score (nSPS) is 12.7. The second kappa shape index (κ2) is 19.2. The van der Waals surface area contributed by atoms with Crippen LogP contribution < -0.4 is 42.5 Å². The number of aliphatic hydroxyl groups is 2. The van der Waals surface area contributed by atoms with Crippen molar-refractivity contribution in [1.82, 2.24) is 29.9 Å². The lowest BCUT2D eigenvalue weighted by molar-refractivity contribution is 0.281. The summed E-state index contributed by atoms with van der Waals surface area (Å²) in [5.74, 6) is 0.577. The van der Waals surface area contributed by atoms with Gasteiger partial charge in [0, 0.05) is 34.8 Å². The van der Waals surface area contributed by atoms with Crippen molar-refractivity contribution in [2.75, 3.05) is 45.1 Å². The molecule has 0 radical (unpaired) electrons. The van der Waals surface area contributed by atoms with Crippen LogP contribution in [-0.2, 0) is 9.13 Å². The Morgan fingerprint density at radius 2 is 0.800 bits per heavy atom. The summed E-state index contributed by atoms with van der Waals surface area (Å²) in [4.78, 5) is 67.7. The van der Waals surface area contributed by atoms with E-state index in [2.05, 4.69) is 61.8 Å². The van der Waals surface area contributed by atoms with E-state index in [1.54, 1.807) is 38.1 Å². The fraction of sp³-hybridized carbons (Fsp3) is 0.158. The molecule has 6 aromatic rings. The van der Waals surface area contributed by atoms with Gasteiger partial charge in [0.25, 0.3) is 0 Å². The third-order valence-electron chi connectivity index (χ3n) is 8.27. The van der Waals surface area contributed by atoms with Gasteiger partial charge in [-0.15, -0.1) is 0 Å². The maximum absolute atomic E-state index is 12.8. The topological polar surface area (TPSA) is 305 Å². The zero-order chi connectivity index (χ0) is 42.9. The average Bonchev–Trinajstić information content (AvgIpc) is 3.20. The van der Waals surface area contributed by atoms with Crippen molar-refractivity contribution in [3.05, 3.63) is 108 Å². The molecule has 0 saturated heterocycles. The van der Waals surface area contributed by atoms with E-state index in [4.69, 9.17) is 0 Å². The number of nitrogens with one attached hydrogen (secondary N) is 6. The van der Waals surface area contributed by atoms with Gasteiger partial charge in [-0.05, 0) is 73.5 Å². The van der Waals surface area contributed by atoms with Crippen molar-refractivity contribution < 1.29 is 38.9 Å². The van der Waals surface area contributed by atoms with Crippen LogP contribution in [0.1, 0.15) is 25.0 Å². The van der Waals surface area contributed by atoms with Crippen LogP contribution >= 0.6 is 15.2 Å². The van der Waals surface area contributed by atoms with E-state index < -0.39 is 37.9 Å². The van der Waals surface area contributed by atoms with Crippen LogP contribution in [-0.4, -0.2) is 85.0 Å². The molecule has 6 rings (SSSR count). The highest BCUT2D eigenvalue weighted by molar-refractivity contribution is 7.60. The molecule has 0 fully saturated rings. The maximum atomic E-state index is 12.8. The molecule has 2 atom stereocenters. The first-order valence-corrected chi connectivity index (χ1v) is 21.4. The first-order valence-electron chi connectivity index (χ1n) is 18.2. The van der Waals surface area contributed by atoms with Gasteiger partial charge in [0.1, 0.15) is 0 Å². The number of nitrogens with zero attached hydrogens (tertiary/aromatic N) is 6. The predicted octanol–water partition coefficient (Wildman–Crippen LogP) is 4.39. The summed E-state index contributed by atoms with van der Waals surface area (Å²) in [5.41, 5.74) is 1.92. The number of aromatic nitrogens is 6. The Kier molecular flexibility index (Phi) is 13.8. The van der Waals surface area contributed by atoms with Crippen molar-refractivity contribution in [3.8, 4) is 0 Å². The third kappa shape index (κ3) is 12.1. The quantitative estimate of drug-likeness (QED) is 0.0421. The van der Waals surface area contributed by atoms with Gasteiger partial charge in [-0.3, -0.25) is 9.13 Å². The summed E-state index contributed by atoms with van der Waals surface area (Å²) in [7, 11) is -9.87. The van der Waals surface area contributed by atoms with Crippen LogP contribution in [0.4, 0.5) is 58.4 Å².